The molecule has 1 aromatic heterocycles. The Labute approximate surface area is 89.3 Å². The van der Waals surface area contributed by atoms with Crippen molar-refractivity contribution in [3.63, 3.8) is 0 Å². The highest BCUT2D eigenvalue weighted by molar-refractivity contribution is 5.93. The zero-order valence-corrected chi connectivity index (χ0v) is 8.81. The van der Waals surface area contributed by atoms with Crippen molar-refractivity contribution in [1.29, 1.82) is 0 Å². The largest absolute Gasteiger partial charge is 0.391 e. The van der Waals surface area contributed by atoms with Crippen LogP contribution >= 0.6 is 0 Å². The van der Waals surface area contributed by atoms with Crippen LogP contribution in [-0.4, -0.2) is 28.6 Å². The Morgan fingerprint density at radius 2 is 2.20 bits per heavy atom. The van der Waals surface area contributed by atoms with E-state index in [1.54, 1.807) is 24.5 Å². The molecule has 82 valence electrons. The van der Waals surface area contributed by atoms with E-state index in [1.165, 1.54) is 0 Å². The van der Waals surface area contributed by atoms with Gasteiger partial charge in [-0.15, -0.1) is 0 Å². The predicted octanol–water partition coefficient (Wildman–Crippen LogP) is 0.972. The van der Waals surface area contributed by atoms with Gasteiger partial charge >= 0.3 is 0 Å². The maximum Gasteiger partial charge on any atom is 0.251 e. The van der Waals surface area contributed by atoms with E-state index in [0.29, 0.717) is 18.5 Å². The Bertz CT molecular complexity index is 301. The molecular formula is C11H16N2O2. The van der Waals surface area contributed by atoms with Crippen molar-refractivity contribution in [2.75, 3.05) is 6.54 Å². The summed E-state index contributed by atoms with van der Waals surface area (Å²) in [6.07, 6.45) is 4.29. The van der Waals surface area contributed by atoms with Crippen LogP contribution in [0, 0.1) is 0 Å². The van der Waals surface area contributed by atoms with Crippen LogP contribution in [0.5, 0.6) is 0 Å². The summed E-state index contributed by atoms with van der Waals surface area (Å²) in [7, 11) is 0. The summed E-state index contributed by atoms with van der Waals surface area (Å²) < 4.78 is 0. The minimum atomic E-state index is -0.458. The SMILES string of the molecule is CCCC(O)CNC(=O)c1ccncc1. The lowest BCUT2D eigenvalue weighted by Crippen LogP contribution is -2.31. The monoisotopic (exact) mass is 208 g/mol. The molecule has 0 saturated heterocycles. The Morgan fingerprint density at radius 1 is 1.53 bits per heavy atom. The minimum absolute atomic E-state index is 0.174. The average molecular weight is 208 g/mol. The minimum Gasteiger partial charge on any atom is -0.391 e. The van der Waals surface area contributed by atoms with Crippen molar-refractivity contribution >= 4 is 5.91 Å². The molecule has 0 radical (unpaired) electrons. The fourth-order valence-corrected chi connectivity index (χ4v) is 1.25. The van der Waals surface area contributed by atoms with Crippen LogP contribution in [0.15, 0.2) is 24.5 Å². The molecule has 0 spiro atoms. The maximum atomic E-state index is 11.5. The Kier molecular flexibility index (Phi) is 4.77. The lowest BCUT2D eigenvalue weighted by molar-refractivity contribution is 0.0910. The van der Waals surface area contributed by atoms with Gasteiger partial charge in [-0.2, -0.15) is 0 Å². The molecular weight excluding hydrogens is 192 g/mol. The second kappa shape index (κ2) is 6.14. The van der Waals surface area contributed by atoms with E-state index in [0.717, 1.165) is 6.42 Å². The first kappa shape index (κ1) is 11.7. The quantitative estimate of drug-likeness (QED) is 0.758. The fraction of sp³-hybridized carbons (Fsp3) is 0.455. The van der Waals surface area contributed by atoms with Gasteiger partial charge in [0.15, 0.2) is 0 Å². The lowest BCUT2D eigenvalue weighted by Gasteiger charge is -2.10. The summed E-state index contributed by atoms with van der Waals surface area (Å²) in [4.78, 5) is 15.3. The number of rotatable bonds is 5. The van der Waals surface area contributed by atoms with Crippen LogP contribution in [0.1, 0.15) is 30.1 Å². The highest BCUT2D eigenvalue weighted by atomic mass is 16.3. The standard InChI is InChI=1S/C11H16N2O2/c1-2-3-10(14)8-13-11(15)9-4-6-12-7-5-9/h4-7,10,14H,2-3,8H2,1H3,(H,13,15). The zero-order chi connectivity index (χ0) is 11.1. The van der Waals surface area contributed by atoms with Gasteiger partial charge in [0, 0.05) is 24.5 Å². The molecule has 0 aromatic carbocycles. The molecule has 1 rings (SSSR count). The smallest absolute Gasteiger partial charge is 0.251 e. The van der Waals surface area contributed by atoms with Crippen molar-refractivity contribution in [2.45, 2.75) is 25.9 Å². The van der Waals surface area contributed by atoms with Crippen LogP contribution in [0.2, 0.25) is 0 Å². The number of aliphatic hydroxyl groups is 1. The number of carbonyl (C=O) groups excluding carboxylic acids is 1. The van der Waals surface area contributed by atoms with Gasteiger partial charge in [0.25, 0.3) is 5.91 Å². The molecule has 1 unspecified atom stereocenters. The lowest BCUT2D eigenvalue weighted by atomic mass is 10.2. The maximum absolute atomic E-state index is 11.5. The summed E-state index contributed by atoms with van der Waals surface area (Å²) in [5.74, 6) is -0.174. The van der Waals surface area contributed by atoms with Crippen molar-refractivity contribution < 1.29 is 9.90 Å². The predicted molar refractivity (Wildman–Crippen MR) is 57.5 cm³/mol. The van der Waals surface area contributed by atoms with E-state index in [9.17, 15) is 9.90 Å². The number of hydrogen-bond acceptors (Lipinski definition) is 3. The number of aromatic nitrogens is 1. The number of nitrogens with zero attached hydrogens (tertiary/aromatic N) is 1. The highest BCUT2D eigenvalue weighted by Crippen LogP contribution is 1.97. The van der Waals surface area contributed by atoms with Gasteiger partial charge in [0.05, 0.1) is 6.10 Å². The van der Waals surface area contributed by atoms with Gasteiger partial charge in [-0.1, -0.05) is 13.3 Å². The first-order chi connectivity index (χ1) is 7.24. The summed E-state index contributed by atoms with van der Waals surface area (Å²) in [5, 5.41) is 12.1. The van der Waals surface area contributed by atoms with Gasteiger partial charge < -0.3 is 10.4 Å². The van der Waals surface area contributed by atoms with Crippen molar-refractivity contribution in [3.05, 3.63) is 30.1 Å². The zero-order valence-electron chi connectivity index (χ0n) is 8.81. The Morgan fingerprint density at radius 3 is 2.80 bits per heavy atom. The number of nitrogens with one attached hydrogen (secondary N) is 1. The van der Waals surface area contributed by atoms with E-state index in [4.69, 9.17) is 0 Å². The molecule has 0 saturated carbocycles. The number of amides is 1. The summed E-state index contributed by atoms with van der Waals surface area (Å²) >= 11 is 0. The van der Waals surface area contributed by atoms with Crippen LogP contribution < -0.4 is 5.32 Å². The molecule has 1 aromatic rings. The van der Waals surface area contributed by atoms with Crippen LogP contribution in [-0.2, 0) is 0 Å². The molecule has 2 N–H and O–H groups in total. The van der Waals surface area contributed by atoms with Gasteiger partial charge in [0.1, 0.15) is 0 Å². The Balaban J connectivity index is 2.37. The van der Waals surface area contributed by atoms with E-state index in [-0.39, 0.29) is 5.91 Å². The highest BCUT2D eigenvalue weighted by Gasteiger charge is 2.07. The van der Waals surface area contributed by atoms with Gasteiger partial charge in [-0.25, -0.2) is 0 Å². The van der Waals surface area contributed by atoms with E-state index < -0.39 is 6.10 Å². The third-order valence-electron chi connectivity index (χ3n) is 2.06. The van der Waals surface area contributed by atoms with Gasteiger partial charge in [-0.3, -0.25) is 9.78 Å². The van der Waals surface area contributed by atoms with E-state index >= 15 is 0 Å². The molecule has 1 heterocycles. The molecule has 1 amide bonds. The van der Waals surface area contributed by atoms with Crippen LogP contribution in [0.3, 0.4) is 0 Å². The van der Waals surface area contributed by atoms with Crippen LogP contribution in [0.25, 0.3) is 0 Å². The Hall–Kier alpha value is -1.42. The van der Waals surface area contributed by atoms with Crippen LogP contribution in [0.4, 0.5) is 0 Å². The third kappa shape index (κ3) is 4.08. The topological polar surface area (TPSA) is 62.2 Å². The summed E-state index contributed by atoms with van der Waals surface area (Å²) in [5.41, 5.74) is 0.564. The second-order valence-electron chi connectivity index (χ2n) is 3.39. The number of aliphatic hydroxyl groups excluding tert-OH is 1. The summed E-state index contributed by atoms with van der Waals surface area (Å²) in [6.45, 7) is 2.29. The molecule has 1 atom stereocenters. The van der Waals surface area contributed by atoms with E-state index in [1.807, 2.05) is 6.92 Å². The van der Waals surface area contributed by atoms with Crippen molar-refractivity contribution in [3.8, 4) is 0 Å². The second-order valence-corrected chi connectivity index (χ2v) is 3.39. The fourth-order valence-electron chi connectivity index (χ4n) is 1.25. The molecule has 0 aliphatic rings. The average Bonchev–Trinajstić information content (AvgIpc) is 2.27. The molecule has 4 nitrogen and oxygen atoms in total. The van der Waals surface area contributed by atoms with E-state index in [2.05, 4.69) is 10.3 Å². The van der Waals surface area contributed by atoms with Gasteiger partial charge in [0.2, 0.25) is 0 Å². The number of carbonyl (C=O) groups is 1. The van der Waals surface area contributed by atoms with Gasteiger partial charge in [-0.05, 0) is 18.6 Å². The number of hydrogen-bond donors (Lipinski definition) is 2. The molecule has 0 fully saturated rings. The summed E-state index contributed by atoms with van der Waals surface area (Å²) in [6, 6.07) is 3.28. The van der Waals surface area contributed by atoms with Crippen molar-refractivity contribution in [1.82, 2.24) is 10.3 Å². The first-order valence-corrected chi connectivity index (χ1v) is 5.10. The normalized spacial score (nSPS) is 12.1. The number of pyridine rings is 1. The molecule has 0 aliphatic carbocycles. The molecule has 4 heteroatoms. The molecule has 15 heavy (non-hydrogen) atoms. The molecule has 0 aliphatic heterocycles. The third-order valence-corrected chi connectivity index (χ3v) is 2.06. The first-order valence-electron chi connectivity index (χ1n) is 5.10. The van der Waals surface area contributed by atoms with Crippen molar-refractivity contribution in [2.24, 2.45) is 0 Å². The molecule has 0 bridgehead atoms.